The molecule has 4 rings (SSSR count). The number of amides is 1. The third kappa shape index (κ3) is 5.43. The molecule has 33 heavy (non-hydrogen) atoms. The van der Waals surface area contributed by atoms with Crippen LogP contribution in [-0.2, 0) is 4.79 Å². The molecule has 1 amide bonds. The van der Waals surface area contributed by atoms with Gasteiger partial charge in [-0.2, -0.15) is 4.98 Å². The SMILES string of the molecule is COc1c(OCC2CC2(F)F)ncnc1N1CC[C@@H](Oc2ccc([C@H](C)NC(C)=O)cc2)C1. The van der Waals surface area contributed by atoms with Gasteiger partial charge < -0.3 is 24.4 Å². The maximum Gasteiger partial charge on any atom is 0.262 e. The molecular formula is C23H28F2N4O4. The second-order valence-corrected chi connectivity index (χ2v) is 8.47. The molecule has 1 saturated heterocycles. The predicted molar refractivity (Wildman–Crippen MR) is 117 cm³/mol. The summed E-state index contributed by atoms with van der Waals surface area (Å²) in [5.41, 5.74) is 0.993. The maximum atomic E-state index is 13.2. The molecule has 8 nitrogen and oxygen atoms in total. The van der Waals surface area contributed by atoms with Crippen molar-refractivity contribution in [2.45, 2.75) is 44.8 Å². The van der Waals surface area contributed by atoms with E-state index in [-0.39, 0.29) is 37.0 Å². The van der Waals surface area contributed by atoms with Gasteiger partial charge in [-0.25, -0.2) is 13.8 Å². The van der Waals surface area contributed by atoms with Crippen LogP contribution >= 0.6 is 0 Å². The first kappa shape index (κ1) is 23.0. The molecule has 1 aliphatic heterocycles. The third-order valence-corrected chi connectivity index (χ3v) is 5.88. The van der Waals surface area contributed by atoms with E-state index in [1.54, 1.807) is 0 Å². The van der Waals surface area contributed by atoms with Crippen molar-refractivity contribution < 1.29 is 27.8 Å². The largest absolute Gasteiger partial charge is 0.489 e. The molecule has 1 saturated carbocycles. The Balaban J connectivity index is 1.36. The van der Waals surface area contributed by atoms with E-state index in [2.05, 4.69) is 15.3 Å². The summed E-state index contributed by atoms with van der Waals surface area (Å²) in [5, 5.41) is 2.86. The van der Waals surface area contributed by atoms with Crippen LogP contribution in [0.25, 0.3) is 0 Å². The summed E-state index contributed by atoms with van der Waals surface area (Å²) in [6.07, 6.45) is 1.91. The Hall–Kier alpha value is -3.17. The Kier molecular flexibility index (Phi) is 6.53. The Labute approximate surface area is 191 Å². The molecule has 1 aromatic heterocycles. The summed E-state index contributed by atoms with van der Waals surface area (Å²) < 4.78 is 43.4. The summed E-state index contributed by atoms with van der Waals surface area (Å²) in [7, 11) is 1.48. The zero-order chi connectivity index (χ0) is 23.6. The van der Waals surface area contributed by atoms with E-state index in [0.717, 1.165) is 17.7 Å². The number of aromatic nitrogens is 2. The van der Waals surface area contributed by atoms with Gasteiger partial charge >= 0.3 is 0 Å². The lowest BCUT2D eigenvalue weighted by Crippen LogP contribution is -2.26. The van der Waals surface area contributed by atoms with Gasteiger partial charge in [-0.3, -0.25) is 4.79 Å². The molecule has 1 unspecified atom stereocenters. The van der Waals surface area contributed by atoms with Gasteiger partial charge in [0.15, 0.2) is 5.82 Å². The molecule has 2 aromatic rings. The van der Waals surface area contributed by atoms with E-state index in [0.29, 0.717) is 24.7 Å². The smallest absolute Gasteiger partial charge is 0.262 e. The molecule has 2 heterocycles. The van der Waals surface area contributed by atoms with Gasteiger partial charge in [-0.15, -0.1) is 0 Å². The van der Waals surface area contributed by atoms with Gasteiger partial charge in [0.05, 0.1) is 32.2 Å². The minimum absolute atomic E-state index is 0.0576. The standard InChI is InChI=1S/C23H28F2N4O4/c1-14(28-15(2)30)16-4-6-18(7-5-16)33-19-8-9-29(11-19)21-20(31-3)22(27-13-26-21)32-12-17-10-23(17,24)25/h4-7,13-14,17,19H,8-12H2,1-3H3,(H,28,30)/t14-,17?,19+/m0/s1. The van der Waals surface area contributed by atoms with Crippen LogP contribution in [-0.4, -0.2) is 54.7 Å². The van der Waals surface area contributed by atoms with Gasteiger partial charge in [0, 0.05) is 26.3 Å². The van der Waals surface area contributed by atoms with Gasteiger partial charge in [0.2, 0.25) is 11.7 Å². The molecule has 2 fully saturated rings. The van der Waals surface area contributed by atoms with Crippen LogP contribution in [0.15, 0.2) is 30.6 Å². The van der Waals surface area contributed by atoms with Crippen molar-refractivity contribution in [3.63, 3.8) is 0 Å². The summed E-state index contributed by atoms with van der Waals surface area (Å²) in [6.45, 7) is 4.58. The number of nitrogens with one attached hydrogen (secondary N) is 1. The summed E-state index contributed by atoms with van der Waals surface area (Å²) in [4.78, 5) is 21.6. The Morgan fingerprint density at radius 1 is 1.30 bits per heavy atom. The Morgan fingerprint density at radius 3 is 2.67 bits per heavy atom. The zero-order valence-electron chi connectivity index (χ0n) is 18.9. The highest BCUT2D eigenvalue weighted by Gasteiger charge is 2.57. The molecule has 2 aliphatic rings. The lowest BCUT2D eigenvalue weighted by atomic mass is 10.1. The quantitative estimate of drug-likeness (QED) is 0.612. The number of carbonyl (C=O) groups is 1. The second-order valence-electron chi connectivity index (χ2n) is 8.47. The number of hydrogen-bond acceptors (Lipinski definition) is 7. The predicted octanol–water partition coefficient (Wildman–Crippen LogP) is 3.37. The average Bonchev–Trinajstić information content (AvgIpc) is 3.16. The number of halogens is 2. The van der Waals surface area contributed by atoms with E-state index < -0.39 is 11.8 Å². The van der Waals surface area contributed by atoms with Crippen LogP contribution in [0.2, 0.25) is 0 Å². The first-order valence-electron chi connectivity index (χ1n) is 10.9. The number of nitrogens with zero attached hydrogens (tertiary/aromatic N) is 3. The highest BCUT2D eigenvalue weighted by atomic mass is 19.3. The van der Waals surface area contributed by atoms with Crippen molar-refractivity contribution in [1.29, 1.82) is 0 Å². The normalized spacial score (nSPS) is 21.9. The molecular weight excluding hydrogens is 434 g/mol. The summed E-state index contributed by atoms with van der Waals surface area (Å²) in [5.74, 6) is -1.72. The first-order chi connectivity index (χ1) is 15.8. The molecule has 10 heteroatoms. The number of hydrogen-bond donors (Lipinski definition) is 1. The minimum atomic E-state index is -2.65. The van der Waals surface area contributed by atoms with E-state index in [1.165, 1.54) is 20.4 Å². The average molecular weight is 462 g/mol. The third-order valence-electron chi connectivity index (χ3n) is 5.88. The zero-order valence-corrected chi connectivity index (χ0v) is 18.9. The van der Waals surface area contributed by atoms with Gasteiger partial charge in [-0.05, 0) is 24.6 Å². The Morgan fingerprint density at radius 2 is 2.03 bits per heavy atom. The van der Waals surface area contributed by atoms with Crippen molar-refractivity contribution in [3.05, 3.63) is 36.2 Å². The van der Waals surface area contributed by atoms with Gasteiger partial charge in [0.25, 0.3) is 11.8 Å². The lowest BCUT2D eigenvalue weighted by Gasteiger charge is -2.21. The van der Waals surface area contributed by atoms with Gasteiger partial charge in [0.1, 0.15) is 18.2 Å². The highest BCUT2D eigenvalue weighted by molar-refractivity contribution is 5.73. The minimum Gasteiger partial charge on any atom is -0.489 e. The van der Waals surface area contributed by atoms with Crippen LogP contribution in [0, 0.1) is 5.92 Å². The number of alkyl halides is 2. The lowest BCUT2D eigenvalue weighted by molar-refractivity contribution is -0.119. The molecule has 3 atom stereocenters. The fourth-order valence-corrected chi connectivity index (χ4v) is 3.92. The number of anilines is 1. The fraction of sp³-hybridized carbons (Fsp3) is 0.522. The fourth-order valence-electron chi connectivity index (χ4n) is 3.92. The van der Waals surface area contributed by atoms with E-state index in [1.807, 2.05) is 36.1 Å². The van der Waals surface area contributed by atoms with Crippen molar-refractivity contribution in [3.8, 4) is 17.4 Å². The molecule has 0 radical (unpaired) electrons. The monoisotopic (exact) mass is 462 g/mol. The maximum absolute atomic E-state index is 13.2. The van der Waals surface area contributed by atoms with Crippen LogP contribution in [0.4, 0.5) is 14.6 Å². The van der Waals surface area contributed by atoms with Crippen molar-refractivity contribution >= 4 is 11.7 Å². The number of methoxy groups -OCH3 is 1. The molecule has 1 aliphatic carbocycles. The number of carbonyl (C=O) groups excluding carboxylic acids is 1. The molecule has 1 aromatic carbocycles. The summed E-state index contributed by atoms with van der Waals surface area (Å²) in [6, 6.07) is 7.57. The highest BCUT2D eigenvalue weighted by Crippen LogP contribution is 2.49. The molecule has 0 spiro atoms. The van der Waals surface area contributed by atoms with Crippen LogP contribution in [0.5, 0.6) is 17.4 Å². The first-order valence-corrected chi connectivity index (χ1v) is 10.9. The topological polar surface area (TPSA) is 85.8 Å². The number of ether oxygens (including phenoxy) is 3. The van der Waals surface area contributed by atoms with Crippen LogP contribution < -0.4 is 24.4 Å². The van der Waals surface area contributed by atoms with Crippen molar-refractivity contribution in [2.24, 2.45) is 5.92 Å². The van der Waals surface area contributed by atoms with E-state index in [9.17, 15) is 13.6 Å². The van der Waals surface area contributed by atoms with Crippen LogP contribution in [0.3, 0.4) is 0 Å². The van der Waals surface area contributed by atoms with Gasteiger partial charge in [-0.1, -0.05) is 12.1 Å². The Bertz CT molecular complexity index is 989. The molecule has 178 valence electrons. The van der Waals surface area contributed by atoms with Crippen molar-refractivity contribution in [1.82, 2.24) is 15.3 Å². The van der Waals surface area contributed by atoms with Crippen LogP contribution in [0.1, 0.15) is 38.3 Å². The second kappa shape index (κ2) is 9.36. The number of benzene rings is 1. The van der Waals surface area contributed by atoms with E-state index in [4.69, 9.17) is 14.2 Å². The molecule has 1 N–H and O–H groups in total. The van der Waals surface area contributed by atoms with Crippen molar-refractivity contribution in [2.75, 3.05) is 31.7 Å². The molecule has 0 bridgehead atoms. The summed E-state index contributed by atoms with van der Waals surface area (Å²) >= 11 is 0. The van der Waals surface area contributed by atoms with E-state index >= 15 is 0 Å². The number of rotatable bonds is 9.